The van der Waals surface area contributed by atoms with E-state index in [0.29, 0.717) is 11.8 Å². The molecule has 0 saturated heterocycles. The van der Waals surface area contributed by atoms with E-state index in [9.17, 15) is 14.7 Å². The van der Waals surface area contributed by atoms with Crippen LogP contribution in [-0.4, -0.2) is 48.3 Å². The van der Waals surface area contributed by atoms with Crippen molar-refractivity contribution in [3.8, 4) is 0 Å². The van der Waals surface area contributed by atoms with E-state index in [2.05, 4.69) is 10.0 Å². The average molecular weight is 490 g/mol. The molecule has 0 saturated carbocycles. The Balaban J connectivity index is 1.82. The molecule has 0 fully saturated rings. The van der Waals surface area contributed by atoms with Gasteiger partial charge in [-0.2, -0.15) is 0 Å². The summed E-state index contributed by atoms with van der Waals surface area (Å²) < 4.78 is 17.3. The van der Waals surface area contributed by atoms with Gasteiger partial charge in [-0.05, 0) is 28.8 Å². The smallest absolute Gasteiger partial charge is 0.338 e. The van der Waals surface area contributed by atoms with Crippen LogP contribution in [0.2, 0.25) is 0 Å². The number of carbonyl (C=O) groups excluding carboxylic acids is 2. The molecule has 0 aromatic heterocycles. The summed E-state index contributed by atoms with van der Waals surface area (Å²) in [5.74, 6) is -0.625. The van der Waals surface area contributed by atoms with Crippen molar-refractivity contribution < 1.29 is 28.9 Å². The average Bonchev–Trinajstić information content (AvgIpc) is 2.93. The number of aliphatic hydroxyl groups is 1. The summed E-state index contributed by atoms with van der Waals surface area (Å²) in [7, 11) is 0. The zero-order valence-corrected chi connectivity index (χ0v) is 19.5. The summed E-state index contributed by atoms with van der Waals surface area (Å²) in [6, 6.07) is 25.4. The predicted molar refractivity (Wildman–Crippen MR) is 132 cm³/mol. The number of nitrogens with zero attached hydrogens (tertiary/aromatic N) is 3. The molecule has 0 aliphatic heterocycles. The number of esters is 1. The Morgan fingerprint density at radius 3 is 1.86 bits per heavy atom. The van der Waals surface area contributed by atoms with Gasteiger partial charge in [-0.25, -0.2) is 4.79 Å². The SMILES string of the molecule is [N-]=[N+]=N[C@@H](C=O)[C@@H](OCc1ccccc1)[C@H](OCc1ccccc1)[C@H](O)COC(=O)c1ccccc1. The quantitative estimate of drug-likeness (QED) is 0.118. The molecule has 3 rings (SSSR count). The van der Waals surface area contributed by atoms with E-state index in [1.807, 2.05) is 60.7 Å². The summed E-state index contributed by atoms with van der Waals surface area (Å²) in [5, 5.41) is 14.6. The van der Waals surface area contributed by atoms with E-state index in [0.717, 1.165) is 11.1 Å². The minimum absolute atomic E-state index is 0.0680. The zero-order chi connectivity index (χ0) is 25.6. The summed E-state index contributed by atoms with van der Waals surface area (Å²) in [6.45, 7) is -0.291. The molecule has 0 spiro atoms. The molecule has 36 heavy (non-hydrogen) atoms. The van der Waals surface area contributed by atoms with Gasteiger partial charge in [-0.15, -0.1) is 0 Å². The molecule has 0 aliphatic rings. The Hall–Kier alpha value is -4.01. The van der Waals surface area contributed by atoms with Gasteiger partial charge in [-0.3, -0.25) is 0 Å². The van der Waals surface area contributed by atoms with Crippen LogP contribution in [0.15, 0.2) is 96.1 Å². The van der Waals surface area contributed by atoms with Crippen molar-refractivity contribution in [1.29, 1.82) is 0 Å². The van der Waals surface area contributed by atoms with E-state index in [1.54, 1.807) is 30.3 Å². The molecule has 0 bridgehead atoms. The highest BCUT2D eigenvalue weighted by Crippen LogP contribution is 2.20. The Bertz CT molecular complexity index is 1120. The largest absolute Gasteiger partial charge is 0.459 e. The first-order valence-corrected chi connectivity index (χ1v) is 11.3. The van der Waals surface area contributed by atoms with E-state index in [1.165, 1.54) is 0 Å². The Labute approximate surface area is 208 Å². The van der Waals surface area contributed by atoms with Crippen LogP contribution in [0.25, 0.3) is 10.4 Å². The Kier molecular flexibility index (Phi) is 10.6. The molecule has 0 amide bonds. The molecule has 9 nitrogen and oxygen atoms in total. The van der Waals surface area contributed by atoms with Crippen LogP contribution in [-0.2, 0) is 32.2 Å². The van der Waals surface area contributed by atoms with Crippen LogP contribution in [0, 0.1) is 0 Å². The monoisotopic (exact) mass is 489 g/mol. The number of rotatable bonds is 14. The highest BCUT2D eigenvalue weighted by molar-refractivity contribution is 5.89. The number of benzene rings is 3. The highest BCUT2D eigenvalue weighted by Gasteiger charge is 2.36. The zero-order valence-electron chi connectivity index (χ0n) is 19.5. The fourth-order valence-corrected chi connectivity index (χ4v) is 3.49. The Morgan fingerprint density at radius 2 is 1.36 bits per heavy atom. The third-order valence-electron chi connectivity index (χ3n) is 5.33. The van der Waals surface area contributed by atoms with Crippen molar-refractivity contribution >= 4 is 12.3 Å². The first-order valence-electron chi connectivity index (χ1n) is 11.3. The molecular formula is C27H27N3O6. The second kappa shape index (κ2) is 14.4. The topological polar surface area (TPSA) is 131 Å². The predicted octanol–water partition coefficient (Wildman–Crippen LogP) is 4.25. The molecular weight excluding hydrogens is 462 g/mol. The van der Waals surface area contributed by atoms with Gasteiger partial charge in [0.25, 0.3) is 0 Å². The van der Waals surface area contributed by atoms with Gasteiger partial charge in [0.05, 0.1) is 18.8 Å². The number of hydrogen-bond donors (Lipinski definition) is 1. The number of carbonyl (C=O) groups is 2. The number of aldehydes is 1. The molecule has 0 heterocycles. The normalized spacial score (nSPS) is 14.0. The maximum absolute atomic E-state index is 12.4. The number of hydrogen-bond acceptors (Lipinski definition) is 7. The van der Waals surface area contributed by atoms with Crippen molar-refractivity contribution in [1.82, 2.24) is 0 Å². The van der Waals surface area contributed by atoms with Crippen molar-refractivity contribution in [2.45, 2.75) is 37.6 Å². The maximum atomic E-state index is 12.4. The summed E-state index contributed by atoms with van der Waals surface area (Å²) in [4.78, 5) is 27.0. The first-order chi connectivity index (χ1) is 17.6. The van der Waals surface area contributed by atoms with Crippen LogP contribution in [0.5, 0.6) is 0 Å². The molecule has 1 N–H and O–H groups in total. The minimum Gasteiger partial charge on any atom is -0.459 e. The molecule has 3 aromatic carbocycles. The number of ether oxygens (including phenoxy) is 3. The van der Waals surface area contributed by atoms with Crippen LogP contribution < -0.4 is 0 Å². The second-order valence-corrected chi connectivity index (χ2v) is 7.89. The molecule has 0 radical (unpaired) electrons. The van der Waals surface area contributed by atoms with Crippen molar-refractivity contribution in [3.63, 3.8) is 0 Å². The molecule has 186 valence electrons. The van der Waals surface area contributed by atoms with Crippen LogP contribution >= 0.6 is 0 Å². The number of azide groups is 1. The third-order valence-corrected chi connectivity index (χ3v) is 5.33. The second-order valence-electron chi connectivity index (χ2n) is 7.89. The Morgan fingerprint density at radius 1 is 0.861 bits per heavy atom. The molecule has 3 aromatic rings. The van der Waals surface area contributed by atoms with E-state index in [-0.39, 0.29) is 13.2 Å². The highest BCUT2D eigenvalue weighted by atomic mass is 16.6. The van der Waals surface area contributed by atoms with Gasteiger partial charge in [-0.1, -0.05) is 84.0 Å². The van der Waals surface area contributed by atoms with Crippen LogP contribution in [0.1, 0.15) is 21.5 Å². The van der Waals surface area contributed by atoms with Gasteiger partial charge in [0.1, 0.15) is 37.2 Å². The summed E-state index contributed by atoms with van der Waals surface area (Å²) >= 11 is 0. The van der Waals surface area contributed by atoms with Gasteiger partial charge >= 0.3 is 5.97 Å². The lowest BCUT2D eigenvalue weighted by atomic mass is 10.0. The van der Waals surface area contributed by atoms with Crippen LogP contribution in [0.4, 0.5) is 0 Å². The van der Waals surface area contributed by atoms with Gasteiger partial charge in [0, 0.05) is 4.91 Å². The van der Waals surface area contributed by atoms with Crippen molar-refractivity contribution in [2.24, 2.45) is 5.11 Å². The van der Waals surface area contributed by atoms with Crippen LogP contribution in [0.3, 0.4) is 0 Å². The van der Waals surface area contributed by atoms with Crippen molar-refractivity contribution in [3.05, 3.63) is 118 Å². The standard InChI is InChI=1S/C27H27N3O6/c28-30-29-23(16-31)25(34-17-20-10-4-1-5-11-20)26(35-18-21-12-6-2-7-13-21)24(32)19-36-27(33)22-14-8-3-9-15-22/h1-16,23-26,32H,17-19H2/t23-,24+,25+,26+/m0/s1. The lowest BCUT2D eigenvalue weighted by molar-refractivity contribution is -0.151. The van der Waals surface area contributed by atoms with E-state index >= 15 is 0 Å². The van der Waals surface area contributed by atoms with Gasteiger partial charge in [0.2, 0.25) is 0 Å². The van der Waals surface area contributed by atoms with Gasteiger partial charge < -0.3 is 24.1 Å². The fraction of sp³-hybridized carbons (Fsp3) is 0.259. The lowest BCUT2D eigenvalue weighted by Crippen LogP contribution is -2.49. The first kappa shape index (κ1) is 26.6. The third kappa shape index (κ3) is 8.04. The maximum Gasteiger partial charge on any atom is 0.338 e. The van der Waals surface area contributed by atoms with E-state index < -0.39 is 36.9 Å². The summed E-state index contributed by atoms with van der Waals surface area (Å²) in [6.07, 6.45) is -3.28. The molecule has 4 atom stereocenters. The fourth-order valence-electron chi connectivity index (χ4n) is 3.49. The van der Waals surface area contributed by atoms with E-state index in [4.69, 9.17) is 19.7 Å². The minimum atomic E-state index is -1.39. The lowest BCUT2D eigenvalue weighted by Gasteiger charge is -2.32. The number of aliphatic hydroxyl groups excluding tert-OH is 1. The van der Waals surface area contributed by atoms with Crippen molar-refractivity contribution in [2.75, 3.05) is 6.61 Å². The summed E-state index contributed by atoms with van der Waals surface area (Å²) in [5.41, 5.74) is 10.9. The molecule has 0 unspecified atom stereocenters. The molecule has 9 heteroatoms. The molecule has 0 aliphatic carbocycles. The van der Waals surface area contributed by atoms with Gasteiger partial charge in [0.15, 0.2) is 0 Å².